The topological polar surface area (TPSA) is 32.3 Å². The molecule has 1 aliphatic heterocycles. The highest BCUT2D eigenvalue weighted by molar-refractivity contribution is 6.05. The standard InChI is InChI=1S/C22H23F3N2O/c23-22(24,25)20-7-2-1-6-19(20)21(28)26-17-9-8-15-10-12-27(18-4-3-5-18)13-11-16(15)14-17/h1-2,6-9,14,18H,3-5,10-13H2,(H,26,28). The molecular formula is C22H23F3N2O. The Balaban J connectivity index is 1.50. The molecule has 6 heteroatoms. The van der Waals surface area contributed by atoms with Crippen molar-refractivity contribution < 1.29 is 18.0 Å². The predicted octanol–water partition coefficient (Wildman–Crippen LogP) is 4.91. The largest absolute Gasteiger partial charge is 0.417 e. The van der Waals surface area contributed by atoms with Crippen molar-refractivity contribution in [3.8, 4) is 0 Å². The summed E-state index contributed by atoms with van der Waals surface area (Å²) in [5.74, 6) is -0.738. The molecule has 0 aromatic heterocycles. The monoisotopic (exact) mass is 388 g/mol. The molecule has 1 saturated carbocycles. The molecule has 3 nitrogen and oxygen atoms in total. The van der Waals surface area contributed by atoms with Crippen LogP contribution in [-0.4, -0.2) is 29.9 Å². The summed E-state index contributed by atoms with van der Waals surface area (Å²) in [6.07, 6.45) is 1.16. The number of benzene rings is 2. The molecule has 0 saturated heterocycles. The molecule has 0 radical (unpaired) electrons. The third-order valence-electron chi connectivity index (χ3n) is 5.87. The lowest BCUT2D eigenvalue weighted by atomic mass is 9.91. The number of halogens is 3. The number of carbonyl (C=O) groups is 1. The van der Waals surface area contributed by atoms with E-state index < -0.39 is 17.6 Å². The van der Waals surface area contributed by atoms with Crippen molar-refractivity contribution in [2.75, 3.05) is 18.4 Å². The summed E-state index contributed by atoms with van der Waals surface area (Å²) in [6, 6.07) is 11.3. The van der Waals surface area contributed by atoms with Crippen molar-refractivity contribution in [2.24, 2.45) is 0 Å². The Hall–Kier alpha value is -2.34. The van der Waals surface area contributed by atoms with Crippen molar-refractivity contribution in [3.63, 3.8) is 0 Å². The van der Waals surface area contributed by atoms with E-state index in [9.17, 15) is 18.0 Å². The van der Waals surface area contributed by atoms with Gasteiger partial charge in [-0.3, -0.25) is 9.69 Å². The quantitative estimate of drug-likeness (QED) is 0.810. The first kappa shape index (κ1) is 19.0. The first-order valence-corrected chi connectivity index (χ1v) is 9.75. The average molecular weight is 388 g/mol. The summed E-state index contributed by atoms with van der Waals surface area (Å²) in [4.78, 5) is 15.0. The van der Waals surface area contributed by atoms with E-state index >= 15 is 0 Å². The Bertz CT molecular complexity index is 874. The summed E-state index contributed by atoms with van der Waals surface area (Å²) in [7, 11) is 0. The van der Waals surface area contributed by atoms with Crippen LogP contribution in [0.4, 0.5) is 18.9 Å². The fraction of sp³-hybridized carbons (Fsp3) is 0.409. The van der Waals surface area contributed by atoms with Crippen LogP contribution in [0.15, 0.2) is 42.5 Å². The molecule has 148 valence electrons. The minimum Gasteiger partial charge on any atom is -0.322 e. The molecule has 2 aliphatic rings. The van der Waals surface area contributed by atoms with Crippen LogP contribution < -0.4 is 5.32 Å². The lowest BCUT2D eigenvalue weighted by Gasteiger charge is -2.36. The summed E-state index contributed by atoms with van der Waals surface area (Å²) in [5, 5.41) is 2.65. The van der Waals surface area contributed by atoms with Gasteiger partial charge in [-0.1, -0.05) is 24.6 Å². The van der Waals surface area contributed by atoms with Gasteiger partial charge in [0.15, 0.2) is 0 Å². The van der Waals surface area contributed by atoms with Crippen LogP contribution in [0, 0.1) is 0 Å². The third kappa shape index (κ3) is 3.92. The number of fused-ring (bicyclic) bond motifs is 1. The molecule has 1 heterocycles. The molecular weight excluding hydrogens is 365 g/mol. The Morgan fingerprint density at radius 1 is 1.00 bits per heavy atom. The second kappa shape index (κ2) is 7.59. The minimum atomic E-state index is -4.56. The van der Waals surface area contributed by atoms with Gasteiger partial charge in [-0.25, -0.2) is 0 Å². The van der Waals surface area contributed by atoms with Gasteiger partial charge in [0.25, 0.3) is 5.91 Å². The number of nitrogens with zero attached hydrogens (tertiary/aromatic N) is 1. The molecule has 2 aromatic rings. The van der Waals surface area contributed by atoms with Gasteiger partial charge in [0.05, 0.1) is 11.1 Å². The van der Waals surface area contributed by atoms with Crippen molar-refractivity contribution >= 4 is 11.6 Å². The lowest BCUT2D eigenvalue weighted by Crippen LogP contribution is -2.41. The van der Waals surface area contributed by atoms with Crippen molar-refractivity contribution in [3.05, 3.63) is 64.7 Å². The van der Waals surface area contributed by atoms with E-state index in [2.05, 4.69) is 10.2 Å². The molecule has 4 rings (SSSR count). The molecule has 2 aromatic carbocycles. The Kier molecular flexibility index (Phi) is 5.15. The van der Waals surface area contributed by atoms with Crippen molar-refractivity contribution in [1.82, 2.24) is 4.90 Å². The summed E-state index contributed by atoms with van der Waals surface area (Å²) in [5.41, 5.74) is 1.69. The molecule has 28 heavy (non-hydrogen) atoms. The van der Waals surface area contributed by atoms with Crippen LogP contribution in [-0.2, 0) is 19.0 Å². The number of alkyl halides is 3. The maximum atomic E-state index is 13.2. The van der Waals surface area contributed by atoms with Gasteiger partial charge in [0.2, 0.25) is 0 Å². The number of amides is 1. The Morgan fingerprint density at radius 3 is 2.39 bits per heavy atom. The number of anilines is 1. The molecule has 1 N–H and O–H groups in total. The second-order valence-electron chi connectivity index (χ2n) is 7.60. The first-order valence-electron chi connectivity index (χ1n) is 9.75. The average Bonchev–Trinajstić information content (AvgIpc) is 2.82. The van der Waals surface area contributed by atoms with Gasteiger partial charge < -0.3 is 5.32 Å². The third-order valence-corrected chi connectivity index (χ3v) is 5.87. The highest BCUT2D eigenvalue weighted by Gasteiger charge is 2.35. The summed E-state index contributed by atoms with van der Waals surface area (Å²) >= 11 is 0. The Labute approximate surface area is 162 Å². The number of nitrogens with one attached hydrogen (secondary N) is 1. The van der Waals surface area contributed by atoms with Gasteiger partial charge in [0, 0.05) is 24.8 Å². The fourth-order valence-electron chi connectivity index (χ4n) is 4.06. The summed E-state index contributed by atoms with van der Waals surface area (Å²) in [6.45, 7) is 2.04. The number of hydrogen-bond donors (Lipinski definition) is 1. The van der Waals surface area contributed by atoms with Crippen LogP contribution >= 0.6 is 0 Å². The predicted molar refractivity (Wildman–Crippen MR) is 102 cm³/mol. The van der Waals surface area contributed by atoms with Gasteiger partial charge in [-0.2, -0.15) is 13.2 Å². The normalized spacial score (nSPS) is 18.1. The zero-order valence-electron chi connectivity index (χ0n) is 15.6. The van der Waals surface area contributed by atoms with E-state index in [1.165, 1.54) is 48.6 Å². The van der Waals surface area contributed by atoms with E-state index in [0.717, 1.165) is 32.0 Å². The van der Waals surface area contributed by atoms with Crippen molar-refractivity contribution in [1.29, 1.82) is 0 Å². The van der Waals surface area contributed by atoms with Crippen LogP contribution in [0.1, 0.15) is 46.3 Å². The molecule has 0 unspecified atom stereocenters. The number of hydrogen-bond acceptors (Lipinski definition) is 2. The highest BCUT2D eigenvalue weighted by atomic mass is 19.4. The first-order chi connectivity index (χ1) is 13.4. The van der Waals surface area contributed by atoms with Gasteiger partial charge in [-0.15, -0.1) is 0 Å². The zero-order valence-corrected chi connectivity index (χ0v) is 15.6. The maximum Gasteiger partial charge on any atom is 0.417 e. The Morgan fingerprint density at radius 2 is 1.71 bits per heavy atom. The van der Waals surface area contributed by atoms with Crippen LogP contribution in [0.2, 0.25) is 0 Å². The van der Waals surface area contributed by atoms with Crippen LogP contribution in [0.3, 0.4) is 0 Å². The smallest absolute Gasteiger partial charge is 0.322 e. The van der Waals surface area contributed by atoms with Crippen LogP contribution in [0.25, 0.3) is 0 Å². The van der Waals surface area contributed by atoms with E-state index in [4.69, 9.17) is 0 Å². The molecule has 1 fully saturated rings. The number of rotatable bonds is 3. The SMILES string of the molecule is O=C(Nc1ccc2c(c1)CCN(C1CCC1)CC2)c1ccccc1C(F)(F)F. The van der Waals surface area contributed by atoms with Crippen LogP contribution in [0.5, 0.6) is 0 Å². The molecule has 0 atom stereocenters. The molecule has 1 amide bonds. The highest BCUT2D eigenvalue weighted by Crippen LogP contribution is 2.32. The molecule has 1 aliphatic carbocycles. The van der Waals surface area contributed by atoms with Gasteiger partial charge in [0.1, 0.15) is 0 Å². The lowest BCUT2D eigenvalue weighted by molar-refractivity contribution is -0.137. The summed E-state index contributed by atoms with van der Waals surface area (Å²) < 4.78 is 39.5. The van der Waals surface area contributed by atoms with Crippen molar-refractivity contribution in [2.45, 2.75) is 44.3 Å². The fourth-order valence-corrected chi connectivity index (χ4v) is 4.06. The number of carbonyl (C=O) groups excluding carboxylic acids is 1. The van der Waals surface area contributed by atoms with E-state index in [1.807, 2.05) is 12.1 Å². The maximum absolute atomic E-state index is 13.2. The van der Waals surface area contributed by atoms with Gasteiger partial charge in [-0.05, 0) is 61.1 Å². The van der Waals surface area contributed by atoms with Gasteiger partial charge >= 0.3 is 6.18 Å². The zero-order chi connectivity index (χ0) is 19.7. The minimum absolute atomic E-state index is 0.360. The van der Waals surface area contributed by atoms with E-state index in [0.29, 0.717) is 11.7 Å². The van der Waals surface area contributed by atoms with E-state index in [-0.39, 0.29) is 5.56 Å². The molecule has 0 bridgehead atoms. The molecule has 0 spiro atoms. The second-order valence-corrected chi connectivity index (χ2v) is 7.60. The van der Waals surface area contributed by atoms with E-state index in [1.54, 1.807) is 6.07 Å².